The van der Waals surface area contributed by atoms with Gasteiger partial charge in [0.25, 0.3) is 0 Å². The molecular weight excluding hydrogens is 230 g/mol. The van der Waals surface area contributed by atoms with Gasteiger partial charge in [-0.05, 0) is 49.4 Å². The number of aryl methyl sites for hydroxylation is 1. The van der Waals surface area contributed by atoms with Gasteiger partial charge in [0.1, 0.15) is 5.75 Å². The average molecular weight is 249 g/mol. The van der Waals surface area contributed by atoms with Crippen LogP contribution in [-0.4, -0.2) is 19.2 Å². The molecule has 1 aliphatic rings. The van der Waals surface area contributed by atoms with Crippen LogP contribution in [0.15, 0.2) is 18.2 Å². The van der Waals surface area contributed by atoms with E-state index in [1.54, 1.807) is 6.92 Å². The summed E-state index contributed by atoms with van der Waals surface area (Å²) in [6, 6.07) is 5.95. The lowest BCUT2D eigenvalue weighted by Crippen LogP contribution is -2.18. The van der Waals surface area contributed by atoms with Crippen LogP contribution in [0.3, 0.4) is 0 Å². The van der Waals surface area contributed by atoms with Crippen LogP contribution in [0.5, 0.6) is 5.75 Å². The molecule has 0 aromatic heterocycles. The number of carbonyl (C=O) groups is 1. The van der Waals surface area contributed by atoms with Crippen LogP contribution in [0.25, 0.3) is 0 Å². The van der Waals surface area contributed by atoms with Crippen LogP contribution in [-0.2, 0) is 16.0 Å². The molecule has 4 heteroatoms. The monoisotopic (exact) mass is 249 g/mol. The zero-order valence-electron chi connectivity index (χ0n) is 10.6. The quantitative estimate of drug-likeness (QED) is 0.829. The number of carbonyl (C=O) groups excluding carboxylic acids is 1. The zero-order valence-corrected chi connectivity index (χ0v) is 10.6. The van der Waals surface area contributed by atoms with Gasteiger partial charge in [-0.3, -0.25) is 0 Å². The molecule has 0 heterocycles. The lowest BCUT2D eigenvalue weighted by molar-refractivity contribution is -0.145. The summed E-state index contributed by atoms with van der Waals surface area (Å²) in [6.07, 6.45) is 3.21. The fourth-order valence-corrected chi connectivity index (χ4v) is 2.25. The van der Waals surface area contributed by atoms with E-state index < -0.39 is 0 Å². The second-order valence-electron chi connectivity index (χ2n) is 4.45. The number of hydrogen-bond donors (Lipinski definition) is 1. The van der Waals surface area contributed by atoms with Crippen molar-refractivity contribution in [1.82, 2.24) is 0 Å². The van der Waals surface area contributed by atoms with Gasteiger partial charge in [-0.1, -0.05) is 6.07 Å². The van der Waals surface area contributed by atoms with Crippen molar-refractivity contribution in [1.29, 1.82) is 0 Å². The Morgan fingerprint density at radius 1 is 1.50 bits per heavy atom. The number of benzene rings is 1. The van der Waals surface area contributed by atoms with Crippen molar-refractivity contribution in [3.05, 3.63) is 29.3 Å². The summed E-state index contributed by atoms with van der Waals surface area (Å²) in [7, 11) is 0. The maximum Gasteiger partial charge on any atom is 0.344 e. The van der Waals surface area contributed by atoms with Crippen molar-refractivity contribution >= 4 is 5.97 Å². The van der Waals surface area contributed by atoms with E-state index >= 15 is 0 Å². The molecule has 0 aliphatic heterocycles. The lowest BCUT2D eigenvalue weighted by atomic mass is 9.88. The third-order valence-electron chi connectivity index (χ3n) is 3.14. The Labute approximate surface area is 107 Å². The molecule has 0 spiro atoms. The molecule has 4 nitrogen and oxygen atoms in total. The molecule has 0 amide bonds. The first-order chi connectivity index (χ1) is 8.70. The molecule has 0 bridgehead atoms. The van der Waals surface area contributed by atoms with E-state index in [9.17, 15) is 4.79 Å². The molecule has 0 fully saturated rings. The normalized spacial score (nSPS) is 18.0. The Kier molecular flexibility index (Phi) is 4.20. The number of ether oxygens (including phenoxy) is 2. The summed E-state index contributed by atoms with van der Waals surface area (Å²) in [5.41, 5.74) is 8.50. The highest BCUT2D eigenvalue weighted by atomic mass is 16.6. The maximum absolute atomic E-state index is 11.2. The maximum atomic E-state index is 11.2. The number of fused-ring (bicyclic) bond motifs is 1. The summed E-state index contributed by atoms with van der Waals surface area (Å²) in [4.78, 5) is 11.2. The van der Waals surface area contributed by atoms with Gasteiger partial charge < -0.3 is 15.2 Å². The predicted molar refractivity (Wildman–Crippen MR) is 68.4 cm³/mol. The Bertz CT molecular complexity index is 431. The molecular formula is C14H19NO3. The number of rotatable bonds is 4. The molecule has 0 saturated heterocycles. The topological polar surface area (TPSA) is 61.5 Å². The Hall–Kier alpha value is -1.55. The fraction of sp³-hybridized carbons (Fsp3) is 0.500. The summed E-state index contributed by atoms with van der Waals surface area (Å²) >= 11 is 0. The van der Waals surface area contributed by atoms with E-state index in [2.05, 4.69) is 0 Å². The fourth-order valence-electron chi connectivity index (χ4n) is 2.25. The molecule has 2 N–H and O–H groups in total. The van der Waals surface area contributed by atoms with Crippen LogP contribution in [0.1, 0.15) is 36.9 Å². The van der Waals surface area contributed by atoms with Crippen molar-refractivity contribution in [2.75, 3.05) is 13.2 Å². The van der Waals surface area contributed by atoms with E-state index in [1.807, 2.05) is 18.2 Å². The SMILES string of the molecule is CCOC(=O)COc1ccc2c(c1)[C@@H](N)CCC2. The zero-order chi connectivity index (χ0) is 13.0. The van der Waals surface area contributed by atoms with Crippen LogP contribution in [0, 0.1) is 0 Å². The number of hydrogen-bond acceptors (Lipinski definition) is 4. The van der Waals surface area contributed by atoms with Crippen molar-refractivity contribution in [2.45, 2.75) is 32.2 Å². The average Bonchev–Trinajstić information content (AvgIpc) is 2.37. The largest absolute Gasteiger partial charge is 0.482 e. The predicted octanol–water partition coefficient (Wildman–Crippen LogP) is 1.96. The van der Waals surface area contributed by atoms with Gasteiger partial charge in [-0.2, -0.15) is 0 Å². The lowest BCUT2D eigenvalue weighted by Gasteiger charge is -2.22. The smallest absolute Gasteiger partial charge is 0.344 e. The second kappa shape index (κ2) is 5.87. The number of esters is 1. The van der Waals surface area contributed by atoms with Crippen LogP contribution >= 0.6 is 0 Å². The van der Waals surface area contributed by atoms with E-state index in [1.165, 1.54) is 5.56 Å². The summed E-state index contributed by atoms with van der Waals surface area (Å²) < 4.78 is 10.2. The van der Waals surface area contributed by atoms with Crippen LogP contribution in [0.2, 0.25) is 0 Å². The first-order valence-electron chi connectivity index (χ1n) is 6.37. The first kappa shape index (κ1) is 12.9. The molecule has 18 heavy (non-hydrogen) atoms. The van der Waals surface area contributed by atoms with Crippen molar-refractivity contribution in [3.63, 3.8) is 0 Å². The van der Waals surface area contributed by atoms with Crippen LogP contribution in [0.4, 0.5) is 0 Å². The minimum absolute atomic E-state index is 0.0537. The van der Waals surface area contributed by atoms with Gasteiger partial charge in [0.15, 0.2) is 6.61 Å². The summed E-state index contributed by atoms with van der Waals surface area (Å²) in [5, 5.41) is 0. The third-order valence-corrected chi connectivity index (χ3v) is 3.14. The Balaban J connectivity index is 2.02. The summed E-state index contributed by atoms with van der Waals surface area (Å²) in [5.74, 6) is 0.332. The molecule has 1 aromatic rings. The highest BCUT2D eigenvalue weighted by Crippen LogP contribution is 2.30. The van der Waals surface area contributed by atoms with Gasteiger partial charge in [0.2, 0.25) is 0 Å². The minimum Gasteiger partial charge on any atom is -0.482 e. The summed E-state index contributed by atoms with van der Waals surface area (Å²) in [6.45, 7) is 2.09. The Morgan fingerprint density at radius 2 is 2.33 bits per heavy atom. The van der Waals surface area contributed by atoms with Crippen molar-refractivity contribution < 1.29 is 14.3 Å². The number of nitrogens with two attached hydrogens (primary N) is 1. The van der Waals surface area contributed by atoms with E-state index in [-0.39, 0.29) is 18.6 Å². The van der Waals surface area contributed by atoms with Gasteiger partial charge in [0.05, 0.1) is 6.61 Å². The Morgan fingerprint density at radius 3 is 3.11 bits per heavy atom. The van der Waals surface area contributed by atoms with Crippen LogP contribution < -0.4 is 10.5 Å². The van der Waals surface area contributed by atoms with E-state index in [0.29, 0.717) is 12.4 Å². The van der Waals surface area contributed by atoms with E-state index in [4.69, 9.17) is 15.2 Å². The van der Waals surface area contributed by atoms with Gasteiger partial charge in [-0.25, -0.2) is 4.79 Å². The molecule has 0 saturated carbocycles. The minimum atomic E-state index is -0.348. The molecule has 1 aliphatic carbocycles. The van der Waals surface area contributed by atoms with Crippen molar-refractivity contribution in [3.8, 4) is 5.75 Å². The standard InChI is InChI=1S/C14H19NO3/c1-2-17-14(16)9-18-11-7-6-10-4-3-5-13(15)12(10)8-11/h6-8,13H,2-5,9,15H2,1H3/t13-/m0/s1. The van der Waals surface area contributed by atoms with Crippen molar-refractivity contribution in [2.24, 2.45) is 5.73 Å². The highest BCUT2D eigenvalue weighted by molar-refractivity contribution is 5.71. The van der Waals surface area contributed by atoms with E-state index in [0.717, 1.165) is 24.8 Å². The highest BCUT2D eigenvalue weighted by Gasteiger charge is 2.17. The third kappa shape index (κ3) is 3.01. The second-order valence-corrected chi connectivity index (χ2v) is 4.45. The molecule has 1 aromatic carbocycles. The first-order valence-corrected chi connectivity index (χ1v) is 6.37. The van der Waals surface area contributed by atoms with Gasteiger partial charge in [-0.15, -0.1) is 0 Å². The van der Waals surface area contributed by atoms with Gasteiger partial charge in [0, 0.05) is 6.04 Å². The molecule has 98 valence electrons. The molecule has 0 unspecified atom stereocenters. The molecule has 2 rings (SSSR count). The molecule has 1 atom stereocenters. The van der Waals surface area contributed by atoms with Gasteiger partial charge >= 0.3 is 5.97 Å². The molecule has 0 radical (unpaired) electrons.